The van der Waals surface area contributed by atoms with Crippen molar-refractivity contribution in [3.63, 3.8) is 0 Å². The Morgan fingerprint density at radius 1 is 1.30 bits per heavy atom. The third kappa shape index (κ3) is 4.45. The highest BCUT2D eigenvalue weighted by atomic mass is 16.6. The van der Waals surface area contributed by atoms with Gasteiger partial charge < -0.3 is 5.32 Å². The number of hydrogen-bond donors (Lipinski definition) is 1. The minimum Gasteiger partial charge on any atom is -0.309 e. The van der Waals surface area contributed by atoms with Crippen LogP contribution in [0.4, 0.5) is 11.4 Å². The molecule has 2 aromatic rings. The van der Waals surface area contributed by atoms with Crippen LogP contribution in [-0.4, -0.2) is 4.92 Å². The number of rotatable bonds is 5. The summed E-state index contributed by atoms with van der Waals surface area (Å²) in [5, 5.41) is 14.0. The summed E-state index contributed by atoms with van der Waals surface area (Å²) in [4.78, 5) is 10.8. The maximum absolute atomic E-state index is 11.2. The first kappa shape index (κ1) is 16.3. The lowest BCUT2D eigenvalue weighted by atomic mass is 10.0. The molecule has 116 valence electrons. The molecule has 0 atom stereocenters. The van der Waals surface area contributed by atoms with E-state index in [0.717, 1.165) is 16.7 Å². The van der Waals surface area contributed by atoms with Gasteiger partial charge in [-0.2, -0.15) is 0 Å². The van der Waals surface area contributed by atoms with Gasteiger partial charge in [0.1, 0.15) is 5.69 Å². The zero-order valence-corrected chi connectivity index (χ0v) is 13.0. The van der Waals surface area contributed by atoms with Gasteiger partial charge in [0.05, 0.1) is 4.92 Å². The van der Waals surface area contributed by atoms with Gasteiger partial charge in [0.25, 0.3) is 5.69 Å². The zero-order chi connectivity index (χ0) is 16.7. The molecule has 0 radical (unpaired) electrons. The van der Waals surface area contributed by atoms with E-state index in [9.17, 15) is 10.1 Å². The summed E-state index contributed by atoms with van der Waals surface area (Å²) in [5.41, 5.74) is 3.42. The molecule has 0 spiro atoms. The molecule has 4 nitrogen and oxygen atoms in total. The molecular formula is C19H18N2O2. The maximum atomic E-state index is 11.2. The first-order chi connectivity index (χ1) is 11.1. The third-order valence-corrected chi connectivity index (χ3v) is 3.44. The molecule has 0 heterocycles. The summed E-state index contributed by atoms with van der Waals surface area (Å²) in [5.74, 6) is 2.98. The predicted molar refractivity (Wildman–Crippen MR) is 93.3 cm³/mol. The molecule has 2 aromatic carbocycles. The molecular weight excluding hydrogens is 288 g/mol. The minimum absolute atomic E-state index is 0.0318. The number of aryl methyl sites for hydroxylation is 1. The first-order valence-electron chi connectivity index (χ1n) is 7.28. The van der Waals surface area contributed by atoms with E-state index in [2.05, 4.69) is 23.9 Å². The number of anilines is 1. The quantitative estimate of drug-likeness (QED) is 0.295. The van der Waals surface area contributed by atoms with Crippen molar-refractivity contribution in [2.75, 3.05) is 5.32 Å². The van der Waals surface area contributed by atoms with Crippen LogP contribution >= 0.6 is 0 Å². The van der Waals surface area contributed by atoms with Crippen LogP contribution < -0.4 is 5.32 Å². The van der Waals surface area contributed by atoms with Crippen LogP contribution in [0, 0.1) is 29.0 Å². The van der Waals surface area contributed by atoms with Crippen LogP contribution in [0.1, 0.15) is 16.7 Å². The molecule has 0 bridgehead atoms. The van der Waals surface area contributed by atoms with Crippen LogP contribution in [0.3, 0.4) is 0 Å². The van der Waals surface area contributed by atoms with E-state index >= 15 is 0 Å². The number of benzene rings is 2. The van der Waals surface area contributed by atoms with Crippen molar-refractivity contribution in [1.82, 2.24) is 0 Å². The number of allylic oxidation sites excluding steroid dienone is 1. The van der Waals surface area contributed by atoms with Gasteiger partial charge in [0.2, 0.25) is 0 Å². The predicted octanol–water partition coefficient (Wildman–Crippen LogP) is 4.25. The van der Waals surface area contributed by atoms with Gasteiger partial charge in [-0.15, -0.1) is 6.58 Å². The normalized spacial score (nSPS) is 9.61. The van der Waals surface area contributed by atoms with Crippen molar-refractivity contribution in [3.05, 3.63) is 81.9 Å². The molecule has 0 aliphatic carbocycles. The second-order valence-corrected chi connectivity index (χ2v) is 5.13. The standard InChI is InChI=1S/C19H18N2O2/c1-3-8-17-14-18(19(21(22)23)13-15(17)2)20-12-7-11-16-9-5-4-6-10-16/h3-6,9-10,13-14,20H,1,8,11H2,2H3. The molecule has 0 aromatic heterocycles. The van der Waals surface area contributed by atoms with Crippen LogP contribution in [0.25, 0.3) is 0 Å². The molecule has 0 saturated heterocycles. The number of nitro groups is 1. The fourth-order valence-corrected chi connectivity index (χ4v) is 2.22. The molecule has 0 amide bonds. The van der Waals surface area contributed by atoms with Gasteiger partial charge in [-0.25, -0.2) is 0 Å². The highest BCUT2D eigenvalue weighted by molar-refractivity contribution is 5.67. The monoisotopic (exact) mass is 306 g/mol. The van der Waals surface area contributed by atoms with Gasteiger partial charge >= 0.3 is 0 Å². The Labute approximate surface area is 136 Å². The van der Waals surface area contributed by atoms with E-state index in [-0.39, 0.29) is 5.69 Å². The smallest absolute Gasteiger partial charge is 0.293 e. The molecule has 0 aliphatic heterocycles. The van der Waals surface area contributed by atoms with Gasteiger partial charge in [-0.05, 0) is 36.1 Å². The molecule has 0 fully saturated rings. The molecule has 4 heteroatoms. The summed E-state index contributed by atoms with van der Waals surface area (Å²) in [7, 11) is 0. The van der Waals surface area contributed by atoms with E-state index in [4.69, 9.17) is 0 Å². The molecule has 0 saturated carbocycles. The van der Waals surface area contributed by atoms with Crippen molar-refractivity contribution < 1.29 is 4.92 Å². The van der Waals surface area contributed by atoms with Gasteiger partial charge in [-0.1, -0.05) is 42.3 Å². The van der Waals surface area contributed by atoms with Crippen LogP contribution in [0.5, 0.6) is 0 Å². The zero-order valence-electron chi connectivity index (χ0n) is 13.0. The lowest BCUT2D eigenvalue weighted by molar-refractivity contribution is -0.384. The van der Waals surface area contributed by atoms with E-state index in [1.807, 2.05) is 37.3 Å². The van der Waals surface area contributed by atoms with Gasteiger partial charge in [0, 0.05) is 18.5 Å². The summed E-state index contributed by atoms with van der Waals surface area (Å²) in [6, 6.07) is 16.0. The lowest BCUT2D eigenvalue weighted by Crippen LogP contribution is -2.00. The van der Waals surface area contributed by atoms with Crippen molar-refractivity contribution >= 4 is 11.4 Å². The van der Waals surface area contributed by atoms with Gasteiger partial charge in [-0.3, -0.25) is 10.1 Å². The highest BCUT2D eigenvalue weighted by Gasteiger charge is 2.15. The highest BCUT2D eigenvalue weighted by Crippen LogP contribution is 2.28. The Hall–Kier alpha value is -3.06. The number of hydrogen-bond acceptors (Lipinski definition) is 3. The molecule has 1 N–H and O–H groups in total. The van der Waals surface area contributed by atoms with Crippen molar-refractivity contribution in [3.8, 4) is 12.0 Å². The van der Waals surface area contributed by atoms with E-state index in [1.165, 1.54) is 0 Å². The topological polar surface area (TPSA) is 55.2 Å². The minimum atomic E-state index is -0.397. The Balaban J connectivity index is 2.19. The van der Waals surface area contributed by atoms with Crippen molar-refractivity contribution in [1.29, 1.82) is 0 Å². The van der Waals surface area contributed by atoms with E-state index in [0.29, 0.717) is 18.5 Å². The second-order valence-electron chi connectivity index (χ2n) is 5.13. The van der Waals surface area contributed by atoms with Crippen molar-refractivity contribution in [2.24, 2.45) is 0 Å². The average molecular weight is 306 g/mol. The SMILES string of the molecule is C=CCc1cc(NC#CCc2ccccc2)c([N+](=O)[O-])cc1C. The maximum Gasteiger partial charge on any atom is 0.293 e. The third-order valence-electron chi connectivity index (χ3n) is 3.44. The Bertz CT molecular complexity index is 771. The van der Waals surface area contributed by atoms with Crippen LogP contribution in [-0.2, 0) is 12.8 Å². The summed E-state index contributed by atoms with van der Waals surface area (Å²) in [6.07, 6.45) is 3.03. The number of nitrogens with zero attached hydrogens (tertiary/aromatic N) is 1. The largest absolute Gasteiger partial charge is 0.309 e. The van der Waals surface area contributed by atoms with Gasteiger partial charge in [0.15, 0.2) is 0 Å². The van der Waals surface area contributed by atoms with Crippen LogP contribution in [0.2, 0.25) is 0 Å². The Kier molecular flexibility index (Phi) is 5.54. The lowest BCUT2D eigenvalue weighted by Gasteiger charge is -2.07. The molecule has 2 rings (SSSR count). The Morgan fingerprint density at radius 3 is 2.70 bits per heavy atom. The summed E-state index contributed by atoms with van der Waals surface area (Å²) in [6.45, 7) is 5.57. The van der Waals surface area contributed by atoms with E-state index < -0.39 is 4.92 Å². The summed E-state index contributed by atoms with van der Waals surface area (Å²) < 4.78 is 0. The van der Waals surface area contributed by atoms with E-state index in [1.54, 1.807) is 18.2 Å². The number of nitro benzene ring substituents is 1. The molecule has 0 aliphatic rings. The fourth-order valence-electron chi connectivity index (χ4n) is 2.22. The fraction of sp³-hybridized carbons (Fsp3) is 0.158. The second kappa shape index (κ2) is 7.81. The first-order valence-corrected chi connectivity index (χ1v) is 7.28. The summed E-state index contributed by atoms with van der Waals surface area (Å²) >= 11 is 0. The molecule has 0 unspecified atom stereocenters. The number of nitrogens with one attached hydrogen (secondary N) is 1. The Morgan fingerprint density at radius 2 is 2.04 bits per heavy atom. The average Bonchev–Trinajstić information content (AvgIpc) is 2.55. The van der Waals surface area contributed by atoms with Crippen molar-refractivity contribution in [2.45, 2.75) is 19.8 Å². The van der Waals surface area contributed by atoms with Crippen LogP contribution in [0.15, 0.2) is 55.1 Å². The molecule has 23 heavy (non-hydrogen) atoms.